The van der Waals surface area contributed by atoms with Crippen molar-refractivity contribution in [2.24, 2.45) is 0 Å². The van der Waals surface area contributed by atoms with E-state index in [4.69, 9.17) is 32.5 Å². The second-order valence-corrected chi connectivity index (χ2v) is 9.45. The monoisotopic (exact) mass is 552 g/mol. The van der Waals surface area contributed by atoms with Gasteiger partial charge < -0.3 is 19.7 Å². The highest BCUT2D eigenvalue weighted by Gasteiger charge is 2.22. The highest BCUT2D eigenvalue weighted by Crippen LogP contribution is 2.38. The largest absolute Gasteiger partial charge is 0.506 e. The Kier molecular flexibility index (Phi) is 8.71. The molecule has 4 aromatic rings. The third-order valence-corrected chi connectivity index (χ3v) is 6.67. The van der Waals surface area contributed by atoms with Crippen LogP contribution in [0, 0.1) is 0 Å². The highest BCUT2D eigenvalue weighted by molar-refractivity contribution is 6.39. The van der Waals surface area contributed by atoms with Crippen molar-refractivity contribution in [2.75, 3.05) is 12.4 Å². The Hall–Kier alpha value is -3.81. The first-order valence-corrected chi connectivity index (χ1v) is 12.8. The van der Waals surface area contributed by atoms with E-state index in [2.05, 4.69) is 10.5 Å². The number of esters is 1. The average molecular weight is 553 g/mol. The zero-order valence-corrected chi connectivity index (χ0v) is 22.4. The lowest BCUT2D eigenvalue weighted by Crippen LogP contribution is -2.13. The summed E-state index contributed by atoms with van der Waals surface area (Å²) in [5.41, 5.74) is 3.96. The Balaban J connectivity index is 1.54. The number of aromatic hydroxyl groups is 1. The number of halogens is 2. The first-order chi connectivity index (χ1) is 18.3. The number of aromatic nitrogens is 1. The summed E-state index contributed by atoms with van der Waals surface area (Å²) in [6.07, 6.45) is 1.93. The maximum absolute atomic E-state index is 13.0. The van der Waals surface area contributed by atoms with Gasteiger partial charge in [0.1, 0.15) is 17.2 Å². The summed E-state index contributed by atoms with van der Waals surface area (Å²) < 4.78 is 10.4. The zero-order valence-electron chi connectivity index (χ0n) is 20.9. The van der Waals surface area contributed by atoms with Crippen molar-refractivity contribution in [3.63, 3.8) is 0 Å². The summed E-state index contributed by atoms with van der Waals surface area (Å²) >= 11 is 12.8. The lowest BCUT2D eigenvalue weighted by Gasteiger charge is -2.11. The van der Waals surface area contributed by atoms with Gasteiger partial charge in [-0.05, 0) is 60.4 Å². The van der Waals surface area contributed by atoms with E-state index in [1.807, 2.05) is 13.0 Å². The Morgan fingerprint density at radius 2 is 1.71 bits per heavy atom. The molecule has 196 valence electrons. The number of amides is 1. The van der Waals surface area contributed by atoms with Gasteiger partial charge in [0.15, 0.2) is 0 Å². The van der Waals surface area contributed by atoms with Crippen LogP contribution in [0.15, 0.2) is 65.2 Å². The minimum Gasteiger partial charge on any atom is -0.506 e. The Bertz CT molecular complexity index is 1460. The van der Waals surface area contributed by atoms with Crippen LogP contribution in [0.3, 0.4) is 0 Å². The number of phenols is 1. The fourth-order valence-corrected chi connectivity index (χ4v) is 4.73. The van der Waals surface area contributed by atoms with Crippen LogP contribution in [-0.2, 0) is 22.4 Å². The summed E-state index contributed by atoms with van der Waals surface area (Å²) in [5, 5.41) is 18.3. The number of methoxy groups -OCH3 is 1. The van der Waals surface area contributed by atoms with E-state index in [0.29, 0.717) is 51.0 Å². The molecule has 2 N–H and O–H groups in total. The molecule has 0 fully saturated rings. The second-order valence-electron chi connectivity index (χ2n) is 8.63. The zero-order chi connectivity index (χ0) is 27.2. The number of rotatable bonds is 9. The van der Waals surface area contributed by atoms with Gasteiger partial charge >= 0.3 is 5.97 Å². The number of aryl methyl sites for hydroxylation is 1. The third kappa shape index (κ3) is 6.01. The molecular weight excluding hydrogens is 527 g/mol. The number of nitrogens with zero attached hydrogens (tertiary/aromatic N) is 1. The molecule has 0 radical (unpaired) electrons. The molecule has 0 spiro atoms. The second kappa shape index (κ2) is 12.2. The quantitative estimate of drug-likeness (QED) is 0.166. The fraction of sp³-hybridized carbons (Fsp3) is 0.207. The lowest BCUT2D eigenvalue weighted by molar-refractivity contribution is -0.116. The number of hydrogen-bond donors (Lipinski definition) is 2. The summed E-state index contributed by atoms with van der Waals surface area (Å²) in [6.45, 7) is 2.03. The molecule has 0 aliphatic rings. The molecule has 4 rings (SSSR count). The van der Waals surface area contributed by atoms with E-state index in [9.17, 15) is 14.7 Å². The fourth-order valence-electron chi connectivity index (χ4n) is 4.16. The standard InChI is InChI=1S/C29H26Cl2N2O5/c1-3-6-25-20(28(33-38-25)27-21(30)9-5-10-22(27)31)12-14-26(35)32-23-16-18(11-13-24(23)34)17-7-4-8-19(15-17)29(36)37-2/h4-5,7-11,13,15-16,34H,3,6,12,14H2,1-2H3,(H,32,35). The first-order valence-electron chi connectivity index (χ1n) is 12.1. The maximum Gasteiger partial charge on any atom is 0.337 e. The average Bonchev–Trinajstić information content (AvgIpc) is 3.30. The van der Waals surface area contributed by atoms with E-state index in [1.54, 1.807) is 48.5 Å². The van der Waals surface area contributed by atoms with Crippen molar-refractivity contribution >= 4 is 40.8 Å². The van der Waals surface area contributed by atoms with Gasteiger partial charge in [0, 0.05) is 24.0 Å². The Morgan fingerprint density at radius 3 is 2.42 bits per heavy atom. The van der Waals surface area contributed by atoms with Gasteiger partial charge in [0.2, 0.25) is 5.91 Å². The number of carbonyl (C=O) groups is 2. The van der Waals surface area contributed by atoms with Gasteiger partial charge in [-0.15, -0.1) is 0 Å². The molecule has 3 aromatic carbocycles. The number of phenolic OH excluding ortho intramolecular Hbond substituents is 1. The number of anilines is 1. The molecule has 0 saturated carbocycles. The number of hydrogen-bond acceptors (Lipinski definition) is 6. The SMILES string of the molecule is CCCc1onc(-c2c(Cl)cccc2Cl)c1CCC(=O)Nc1cc(-c2cccc(C(=O)OC)c2)ccc1O. The highest BCUT2D eigenvalue weighted by atomic mass is 35.5. The maximum atomic E-state index is 13.0. The molecule has 0 atom stereocenters. The van der Waals surface area contributed by atoms with E-state index in [-0.39, 0.29) is 23.8 Å². The van der Waals surface area contributed by atoms with Crippen LogP contribution in [0.25, 0.3) is 22.4 Å². The molecule has 38 heavy (non-hydrogen) atoms. The van der Waals surface area contributed by atoms with Crippen LogP contribution in [0.5, 0.6) is 5.75 Å². The third-order valence-electron chi connectivity index (χ3n) is 6.04. The molecule has 0 aliphatic heterocycles. The molecule has 1 amide bonds. The van der Waals surface area contributed by atoms with Gasteiger partial charge in [-0.1, -0.05) is 59.5 Å². The Labute approximate surface area is 230 Å². The molecule has 0 bridgehead atoms. The predicted molar refractivity (Wildman–Crippen MR) is 148 cm³/mol. The minimum absolute atomic E-state index is 0.0774. The van der Waals surface area contributed by atoms with E-state index in [1.165, 1.54) is 13.2 Å². The lowest BCUT2D eigenvalue weighted by atomic mass is 9.99. The number of carbonyl (C=O) groups excluding carboxylic acids is 2. The summed E-state index contributed by atoms with van der Waals surface area (Å²) in [4.78, 5) is 24.9. The van der Waals surface area contributed by atoms with Crippen molar-refractivity contribution in [1.29, 1.82) is 0 Å². The number of ether oxygens (including phenoxy) is 1. The van der Waals surface area contributed by atoms with Crippen LogP contribution in [-0.4, -0.2) is 29.2 Å². The summed E-state index contributed by atoms with van der Waals surface area (Å²) in [6, 6.07) is 17.0. The molecule has 1 heterocycles. The van der Waals surface area contributed by atoms with E-state index in [0.717, 1.165) is 17.5 Å². The molecular formula is C29H26Cl2N2O5. The summed E-state index contributed by atoms with van der Waals surface area (Å²) in [7, 11) is 1.32. The smallest absolute Gasteiger partial charge is 0.337 e. The van der Waals surface area contributed by atoms with Gasteiger partial charge in [0.25, 0.3) is 0 Å². The molecule has 7 nitrogen and oxygen atoms in total. The van der Waals surface area contributed by atoms with Gasteiger partial charge in [0.05, 0.1) is 28.4 Å². The van der Waals surface area contributed by atoms with Crippen molar-refractivity contribution < 1.29 is 24.0 Å². The van der Waals surface area contributed by atoms with Gasteiger partial charge in [-0.2, -0.15) is 0 Å². The summed E-state index contributed by atoms with van der Waals surface area (Å²) in [5.74, 6) is -0.151. The molecule has 9 heteroatoms. The normalized spacial score (nSPS) is 10.8. The molecule has 0 aliphatic carbocycles. The van der Waals surface area contributed by atoms with Crippen LogP contribution < -0.4 is 5.32 Å². The van der Waals surface area contributed by atoms with Crippen LogP contribution in [0.1, 0.15) is 41.4 Å². The van der Waals surface area contributed by atoms with Crippen molar-refractivity contribution in [3.8, 4) is 28.1 Å². The van der Waals surface area contributed by atoms with Crippen molar-refractivity contribution in [3.05, 3.63) is 87.6 Å². The van der Waals surface area contributed by atoms with E-state index >= 15 is 0 Å². The predicted octanol–water partition coefficient (Wildman–Crippen LogP) is 7.33. The number of nitrogens with one attached hydrogen (secondary N) is 1. The molecule has 0 unspecified atom stereocenters. The van der Waals surface area contributed by atoms with Crippen LogP contribution in [0.2, 0.25) is 10.0 Å². The van der Waals surface area contributed by atoms with Gasteiger partial charge in [-0.3, -0.25) is 4.79 Å². The van der Waals surface area contributed by atoms with Crippen molar-refractivity contribution in [2.45, 2.75) is 32.6 Å². The minimum atomic E-state index is -0.451. The van der Waals surface area contributed by atoms with Crippen molar-refractivity contribution in [1.82, 2.24) is 5.16 Å². The first kappa shape index (κ1) is 27.2. The van der Waals surface area contributed by atoms with E-state index < -0.39 is 5.97 Å². The topological polar surface area (TPSA) is 102 Å². The van der Waals surface area contributed by atoms with Crippen LogP contribution in [0.4, 0.5) is 5.69 Å². The molecule has 0 saturated heterocycles. The Morgan fingerprint density at radius 1 is 1.00 bits per heavy atom. The molecule has 1 aromatic heterocycles. The van der Waals surface area contributed by atoms with Crippen LogP contribution >= 0.6 is 23.2 Å². The van der Waals surface area contributed by atoms with Gasteiger partial charge in [-0.25, -0.2) is 4.79 Å². The number of benzene rings is 3.